The van der Waals surface area contributed by atoms with Gasteiger partial charge < -0.3 is 9.80 Å². The Morgan fingerprint density at radius 2 is 1.66 bits per heavy atom. The van der Waals surface area contributed by atoms with E-state index in [9.17, 15) is 4.79 Å². The van der Waals surface area contributed by atoms with Gasteiger partial charge in [-0.05, 0) is 62.1 Å². The first-order valence-corrected chi connectivity index (χ1v) is 10.9. The number of hydrogen-bond donors (Lipinski definition) is 0. The second-order valence-electron chi connectivity index (χ2n) is 8.31. The topological polar surface area (TPSA) is 73.1 Å². The predicted molar refractivity (Wildman–Crippen MR) is 125 cm³/mol. The van der Waals surface area contributed by atoms with Crippen LogP contribution in [-0.4, -0.2) is 47.2 Å². The van der Waals surface area contributed by atoms with Gasteiger partial charge in [0.1, 0.15) is 0 Å². The normalized spacial score (nSPS) is 14.1. The van der Waals surface area contributed by atoms with E-state index in [4.69, 9.17) is 5.26 Å². The number of piperidine rings is 1. The maximum absolute atomic E-state index is 12.9. The minimum Gasteiger partial charge on any atom is -0.355 e. The molecule has 3 aromatic rings. The Hall–Kier alpha value is -3.72. The van der Waals surface area contributed by atoms with Crippen LogP contribution < -0.4 is 4.90 Å². The highest BCUT2D eigenvalue weighted by molar-refractivity contribution is 5.94. The largest absolute Gasteiger partial charge is 0.355 e. The molecule has 1 aliphatic heterocycles. The summed E-state index contributed by atoms with van der Waals surface area (Å²) in [5, 5.41) is 18.1. The molecule has 2 aromatic carbocycles. The number of anilines is 1. The Morgan fingerprint density at radius 3 is 2.28 bits per heavy atom. The molecule has 1 saturated heterocycles. The Kier molecular flexibility index (Phi) is 6.18. The van der Waals surface area contributed by atoms with Gasteiger partial charge in [0.25, 0.3) is 5.91 Å². The summed E-state index contributed by atoms with van der Waals surface area (Å²) in [6.45, 7) is 5.87. The Bertz CT molecular complexity index is 1140. The first-order chi connectivity index (χ1) is 15.5. The van der Waals surface area contributed by atoms with Gasteiger partial charge in [0.2, 0.25) is 0 Å². The minimum absolute atomic E-state index is 0.00743. The van der Waals surface area contributed by atoms with Crippen molar-refractivity contribution in [1.82, 2.24) is 15.1 Å². The van der Waals surface area contributed by atoms with Crippen LogP contribution in [0.1, 0.15) is 39.9 Å². The monoisotopic (exact) mass is 425 g/mol. The summed E-state index contributed by atoms with van der Waals surface area (Å²) in [4.78, 5) is 17.0. The van der Waals surface area contributed by atoms with Crippen LogP contribution in [0.5, 0.6) is 0 Å². The van der Waals surface area contributed by atoms with Crippen LogP contribution in [0.25, 0.3) is 11.3 Å². The van der Waals surface area contributed by atoms with E-state index in [1.807, 2.05) is 30.1 Å². The van der Waals surface area contributed by atoms with Crippen molar-refractivity contribution < 1.29 is 4.79 Å². The minimum atomic E-state index is -0.00743. The van der Waals surface area contributed by atoms with Gasteiger partial charge in [-0.1, -0.05) is 30.3 Å². The van der Waals surface area contributed by atoms with Crippen LogP contribution in [0.3, 0.4) is 0 Å². The fourth-order valence-electron chi connectivity index (χ4n) is 4.29. The van der Waals surface area contributed by atoms with Gasteiger partial charge in [-0.2, -0.15) is 5.26 Å². The fraction of sp³-hybridized carbons (Fsp3) is 0.308. The number of hydrogen-bond acceptors (Lipinski definition) is 5. The highest BCUT2D eigenvalue weighted by atomic mass is 16.2. The summed E-state index contributed by atoms with van der Waals surface area (Å²) >= 11 is 0. The quantitative estimate of drug-likeness (QED) is 0.620. The molecule has 0 saturated carbocycles. The molecule has 0 N–H and O–H groups in total. The molecule has 0 spiro atoms. The summed E-state index contributed by atoms with van der Waals surface area (Å²) < 4.78 is 0. The molecule has 6 heteroatoms. The molecule has 1 amide bonds. The second-order valence-corrected chi connectivity index (χ2v) is 8.31. The molecule has 6 nitrogen and oxygen atoms in total. The van der Waals surface area contributed by atoms with Gasteiger partial charge in [-0.15, -0.1) is 10.2 Å². The second kappa shape index (κ2) is 9.19. The number of aromatic nitrogens is 2. The van der Waals surface area contributed by atoms with Crippen molar-refractivity contribution in [3.8, 4) is 17.3 Å². The van der Waals surface area contributed by atoms with E-state index in [1.165, 1.54) is 0 Å². The number of carbonyl (C=O) groups excluding carboxylic acids is 1. The zero-order chi connectivity index (χ0) is 22.7. The van der Waals surface area contributed by atoms with Crippen molar-refractivity contribution in [2.75, 3.05) is 25.0 Å². The van der Waals surface area contributed by atoms with Crippen molar-refractivity contribution in [2.45, 2.75) is 32.7 Å². The lowest BCUT2D eigenvalue weighted by Gasteiger charge is -2.37. The zero-order valence-corrected chi connectivity index (χ0v) is 18.7. The van der Waals surface area contributed by atoms with Crippen LogP contribution in [0.4, 0.5) is 5.82 Å². The number of carbonyl (C=O) groups is 1. The van der Waals surface area contributed by atoms with Crippen molar-refractivity contribution in [1.29, 1.82) is 5.26 Å². The summed E-state index contributed by atoms with van der Waals surface area (Å²) in [5.41, 5.74) is 5.48. The third-order valence-corrected chi connectivity index (χ3v) is 6.44. The van der Waals surface area contributed by atoms with Crippen LogP contribution in [-0.2, 0) is 0 Å². The SMILES string of the molecule is Cc1c(-c2ccccc2)nnc(N2CCC(N(C)C(=O)c3ccc(C#N)cc3)CC2)c1C. The van der Waals surface area contributed by atoms with Gasteiger partial charge >= 0.3 is 0 Å². The van der Waals surface area contributed by atoms with Crippen LogP contribution in [0.15, 0.2) is 54.6 Å². The first kappa shape index (κ1) is 21.5. The molecule has 0 aliphatic carbocycles. The van der Waals surface area contributed by atoms with Crippen molar-refractivity contribution in [3.05, 3.63) is 76.9 Å². The average molecular weight is 426 g/mol. The lowest BCUT2D eigenvalue weighted by Crippen LogP contribution is -2.46. The third kappa shape index (κ3) is 4.19. The first-order valence-electron chi connectivity index (χ1n) is 10.9. The lowest BCUT2D eigenvalue weighted by molar-refractivity contribution is 0.0709. The molecule has 0 radical (unpaired) electrons. The molecule has 0 atom stereocenters. The smallest absolute Gasteiger partial charge is 0.253 e. The molecule has 4 rings (SSSR count). The van der Waals surface area contributed by atoms with Crippen LogP contribution in [0, 0.1) is 25.2 Å². The van der Waals surface area contributed by atoms with Crippen LogP contribution >= 0.6 is 0 Å². The molecule has 0 unspecified atom stereocenters. The van der Waals surface area contributed by atoms with E-state index in [-0.39, 0.29) is 11.9 Å². The molecular weight excluding hydrogens is 398 g/mol. The number of benzene rings is 2. The maximum atomic E-state index is 12.9. The van der Waals surface area contributed by atoms with Gasteiger partial charge in [0.15, 0.2) is 5.82 Å². The van der Waals surface area contributed by atoms with Crippen molar-refractivity contribution in [2.24, 2.45) is 0 Å². The van der Waals surface area contributed by atoms with Crippen molar-refractivity contribution >= 4 is 11.7 Å². The third-order valence-electron chi connectivity index (χ3n) is 6.44. The molecule has 0 bridgehead atoms. The predicted octanol–water partition coefficient (Wildman–Crippen LogP) is 4.37. The maximum Gasteiger partial charge on any atom is 0.253 e. The van der Waals surface area contributed by atoms with E-state index in [1.54, 1.807) is 24.3 Å². The summed E-state index contributed by atoms with van der Waals surface area (Å²) in [5.74, 6) is 0.925. The fourth-order valence-corrected chi connectivity index (χ4v) is 4.29. The molecule has 162 valence electrons. The molecule has 1 aliphatic rings. The van der Waals surface area contributed by atoms with Crippen LogP contribution in [0.2, 0.25) is 0 Å². The van der Waals surface area contributed by atoms with Gasteiger partial charge in [-0.3, -0.25) is 4.79 Å². The van der Waals surface area contributed by atoms with E-state index >= 15 is 0 Å². The number of nitrogens with zero attached hydrogens (tertiary/aromatic N) is 5. The number of nitriles is 1. The molecular formula is C26H27N5O. The number of rotatable bonds is 4. The summed E-state index contributed by atoms with van der Waals surface area (Å²) in [6, 6.07) is 19.2. The van der Waals surface area contributed by atoms with E-state index in [2.05, 4.69) is 47.1 Å². The highest BCUT2D eigenvalue weighted by Crippen LogP contribution is 2.29. The zero-order valence-electron chi connectivity index (χ0n) is 18.7. The van der Waals surface area contributed by atoms with E-state index in [0.29, 0.717) is 11.1 Å². The molecule has 1 aromatic heterocycles. The summed E-state index contributed by atoms with van der Waals surface area (Å²) in [7, 11) is 1.87. The average Bonchev–Trinajstić information content (AvgIpc) is 2.85. The molecule has 32 heavy (non-hydrogen) atoms. The lowest BCUT2D eigenvalue weighted by atomic mass is 10.00. The summed E-state index contributed by atoms with van der Waals surface area (Å²) in [6.07, 6.45) is 1.75. The van der Waals surface area contributed by atoms with Gasteiger partial charge in [0, 0.05) is 37.3 Å². The van der Waals surface area contributed by atoms with E-state index in [0.717, 1.165) is 54.1 Å². The standard InChI is InChI=1S/C26H27N5O/c1-18-19(2)25(29-28-24(18)21-7-5-4-6-8-21)31-15-13-23(14-16-31)30(3)26(32)22-11-9-20(17-27)10-12-22/h4-12,23H,13-16H2,1-3H3. The van der Waals surface area contributed by atoms with Gasteiger partial charge in [0.05, 0.1) is 17.3 Å². The molecule has 2 heterocycles. The Morgan fingerprint density at radius 1 is 1.00 bits per heavy atom. The Labute approximate surface area is 189 Å². The van der Waals surface area contributed by atoms with Crippen molar-refractivity contribution in [3.63, 3.8) is 0 Å². The Balaban J connectivity index is 1.44. The number of amides is 1. The molecule has 1 fully saturated rings. The van der Waals surface area contributed by atoms with Gasteiger partial charge in [-0.25, -0.2) is 0 Å². The highest BCUT2D eigenvalue weighted by Gasteiger charge is 2.28. The van der Waals surface area contributed by atoms with E-state index < -0.39 is 0 Å².